The van der Waals surface area contributed by atoms with Crippen LogP contribution in [0.15, 0.2) is 24.3 Å². The fourth-order valence-corrected chi connectivity index (χ4v) is 2.90. The van der Waals surface area contributed by atoms with Crippen LogP contribution in [0.25, 0.3) is 0 Å². The number of amides is 1. The Kier molecular flexibility index (Phi) is 6.96. The summed E-state index contributed by atoms with van der Waals surface area (Å²) in [6.07, 6.45) is 1.29. The van der Waals surface area contributed by atoms with Gasteiger partial charge in [0.05, 0.1) is 12.8 Å². The molecule has 0 aliphatic carbocycles. The maximum Gasteiger partial charge on any atom is 0.237 e. The van der Waals surface area contributed by atoms with Crippen LogP contribution in [-0.4, -0.2) is 56.0 Å². The third kappa shape index (κ3) is 5.38. The molecule has 22 heavy (non-hydrogen) atoms. The summed E-state index contributed by atoms with van der Waals surface area (Å²) >= 11 is 0. The largest absolute Gasteiger partial charge is 0.342 e. The number of sulfonamides is 1. The van der Waals surface area contributed by atoms with Crippen LogP contribution >= 0.6 is 0 Å². The van der Waals surface area contributed by atoms with E-state index in [1.54, 1.807) is 23.1 Å². The van der Waals surface area contributed by atoms with Crippen molar-refractivity contribution in [2.45, 2.75) is 20.3 Å². The molecule has 0 saturated heterocycles. The smallest absolute Gasteiger partial charge is 0.237 e. The van der Waals surface area contributed by atoms with Gasteiger partial charge in [-0.2, -0.15) is 4.31 Å². The van der Waals surface area contributed by atoms with Gasteiger partial charge in [-0.1, -0.05) is 18.2 Å². The van der Waals surface area contributed by atoms with E-state index in [4.69, 9.17) is 0 Å². The van der Waals surface area contributed by atoms with Crippen molar-refractivity contribution in [2.75, 3.05) is 32.4 Å². The van der Waals surface area contributed by atoms with Gasteiger partial charge in [-0.25, -0.2) is 12.8 Å². The van der Waals surface area contributed by atoms with Gasteiger partial charge in [-0.15, -0.1) is 0 Å². The summed E-state index contributed by atoms with van der Waals surface area (Å²) < 4.78 is 38.4. The van der Waals surface area contributed by atoms with Crippen LogP contribution in [0.5, 0.6) is 0 Å². The molecule has 124 valence electrons. The highest BCUT2D eigenvalue weighted by molar-refractivity contribution is 7.88. The maximum atomic E-state index is 13.6. The molecule has 0 saturated carbocycles. The van der Waals surface area contributed by atoms with Crippen molar-refractivity contribution in [1.29, 1.82) is 0 Å². The minimum atomic E-state index is -3.53. The molecular formula is C15H23FN2O3S. The standard InChI is InChI=1S/C15H23FN2O3S/c1-4-17(5-2)15(19)12-18(22(3,20)21)11-10-13-8-6-7-9-14(13)16/h6-9H,4-5,10-12H2,1-3H3. The average Bonchev–Trinajstić information content (AvgIpc) is 2.45. The second-order valence-electron chi connectivity index (χ2n) is 5.00. The van der Waals surface area contributed by atoms with E-state index in [9.17, 15) is 17.6 Å². The first kappa shape index (κ1) is 18.6. The molecule has 7 heteroatoms. The van der Waals surface area contributed by atoms with Crippen molar-refractivity contribution in [3.8, 4) is 0 Å². The van der Waals surface area contributed by atoms with Crippen molar-refractivity contribution >= 4 is 15.9 Å². The quantitative estimate of drug-likeness (QED) is 0.726. The Balaban J connectivity index is 2.79. The van der Waals surface area contributed by atoms with Crippen LogP contribution in [0, 0.1) is 5.82 Å². The molecule has 0 unspecified atom stereocenters. The molecular weight excluding hydrogens is 307 g/mol. The predicted molar refractivity (Wildman–Crippen MR) is 84.4 cm³/mol. The lowest BCUT2D eigenvalue weighted by Gasteiger charge is -2.24. The highest BCUT2D eigenvalue weighted by atomic mass is 32.2. The van der Waals surface area contributed by atoms with Crippen LogP contribution in [0.1, 0.15) is 19.4 Å². The van der Waals surface area contributed by atoms with Crippen molar-refractivity contribution in [3.05, 3.63) is 35.6 Å². The summed E-state index contributed by atoms with van der Waals surface area (Å²) in [5, 5.41) is 0. The lowest BCUT2D eigenvalue weighted by Crippen LogP contribution is -2.43. The molecule has 1 aromatic rings. The highest BCUT2D eigenvalue weighted by Gasteiger charge is 2.22. The van der Waals surface area contributed by atoms with Gasteiger partial charge in [0, 0.05) is 19.6 Å². The molecule has 0 bridgehead atoms. The number of rotatable bonds is 8. The number of halogens is 1. The van der Waals surface area contributed by atoms with Crippen LogP contribution in [0.3, 0.4) is 0 Å². The zero-order chi connectivity index (χ0) is 16.8. The van der Waals surface area contributed by atoms with E-state index >= 15 is 0 Å². The first-order valence-electron chi connectivity index (χ1n) is 7.25. The second kappa shape index (κ2) is 8.24. The van der Waals surface area contributed by atoms with E-state index < -0.39 is 10.0 Å². The summed E-state index contributed by atoms with van der Waals surface area (Å²) in [5.41, 5.74) is 0.437. The number of hydrogen-bond acceptors (Lipinski definition) is 3. The van der Waals surface area contributed by atoms with Crippen molar-refractivity contribution in [1.82, 2.24) is 9.21 Å². The highest BCUT2D eigenvalue weighted by Crippen LogP contribution is 2.09. The van der Waals surface area contributed by atoms with Crippen molar-refractivity contribution < 1.29 is 17.6 Å². The van der Waals surface area contributed by atoms with Gasteiger partial charge < -0.3 is 4.90 Å². The molecule has 0 radical (unpaired) electrons. The van der Waals surface area contributed by atoms with Crippen LogP contribution in [0.4, 0.5) is 4.39 Å². The molecule has 1 amide bonds. The number of benzene rings is 1. The second-order valence-corrected chi connectivity index (χ2v) is 6.99. The average molecular weight is 330 g/mol. The van der Waals surface area contributed by atoms with Crippen molar-refractivity contribution in [3.63, 3.8) is 0 Å². The summed E-state index contributed by atoms with van der Waals surface area (Å²) in [6, 6.07) is 6.23. The van der Waals surface area contributed by atoms with Gasteiger partial charge in [0.1, 0.15) is 5.82 Å². The van der Waals surface area contributed by atoms with Gasteiger partial charge in [-0.05, 0) is 31.9 Å². The van der Waals surface area contributed by atoms with E-state index in [0.717, 1.165) is 10.6 Å². The molecule has 0 heterocycles. The molecule has 0 aliphatic rings. The van der Waals surface area contributed by atoms with Gasteiger partial charge in [0.15, 0.2) is 0 Å². The first-order valence-corrected chi connectivity index (χ1v) is 9.10. The Labute approximate surface area is 131 Å². The molecule has 0 atom stereocenters. The van der Waals surface area contributed by atoms with E-state index in [1.807, 2.05) is 13.8 Å². The monoisotopic (exact) mass is 330 g/mol. The van der Waals surface area contributed by atoms with Crippen molar-refractivity contribution in [2.24, 2.45) is 0 Å². The Morgan fingerprint density at radius 3 is 2.27 bits per heavy atom. The molecule has 0 fully saturated rings. The predicted octanol–water partition coefficient (Wildman–Crippen LogP) is 1.50. The van der Waals surface area contributed by atoms with E-state index in [1.165, 1.54) is 6.07 Å². The van der Waals surface area contributed by atoms with E-state index in [2.05, 4.69) is 0 Å². The summed E-state index contributed by atoms with van der Waals surface area (Å²) in [7, 11) is -3.53. The number of carbonyl (C=O) groups excluding carboxylic acids is 1. The zero-order valence-electron chi connectivity index (χ0n) is 13.3. The van der Waals surface area contributed by atoms with Gasteiger partial charge >= 0.3 is 0 Å². The van der Waals surface area contributed by atoms with Gasteiger partial charge in [0.25, 0.3) is 0 Å². The Morgan fingerprint density at radius 1 is 1.18 bits per heavy atom. The lowest BCUT2D eigenvalue weighted by atomic mass is 10.1. The van der Waals surface area contributed by atoms with E-state index in [0.29, 0.717) is 18.7 Å². The fourth-order valence-electron chi connectivity index (χ4n) is 2.14. The summed E-state index contributed by atoms with van der Waals surface area (Å²) in [4.78, 5) is 13.7. The minimum absolute atomic E-state index is 0.0762. The topological polar surface area (TPSA) is 57.7 Å². The molecule has 0 aliphatic heterocycles. The number of carbonyl (C=O) groups is 1. The third-order valence-electron chi connectivity index (χ3n) is 3.49. The third-order valence-corrected chi connectivity index (χ3v) is 4.73. The van der Waals surface area contributed by atoms with Crippen LogP contribution < -0.4 is 0 Å². The molecule has 0 N–H and O–H groups in total. The normalized spacial score (nSPS) is 11.7. The van der Waals surface area contributed by atoms with Crippen LogP contribution in [0.2, 0.25) is 0 Å². The SMILES string of the molecule is CCN(CC)C(=O)CN(CCc1ccccc1F)S(C)(=O)=O. The Hall–Kier alpha value is -1.47. The number of nitrogens with zero attached hydrogens (tertiary/aromatic N) is 2. The van der Waals surface area contributed by atoms with E-state index in [-0.39, 0.29) is 31.2 Å². The lowest BCUT2D eigenvalue weighted by molar-refractivity contribution is -0.131. The molecule has 1 aromatic carbocycles. The fraction of sp³-hybridized carbons (Fsp3) is 0.533. The molecule has 0 spiro atoms. The Bertz CT molecular complexity index is 601. The number of hydrogen-bond donors (Lipinski definition) is 0. The Morgan fingerprint density at radius 2 is 1.77 bits per heavy atom. The molecule has 0 aromatic heterocycles. The summed E-state index contributed by atoms with van der Waals surface area (Å²) in [6.45, 7) is 4.60. The van der Waals surface area contributed by atoms with Gasteiger partial charge in [-0.3, -0.25) is 4.79 Å². The maximum absolute atomic E-state index is 13.6. The molecule has 1 rings (SSSR count). The molecule has 5 nitrogen and oxygen atoms in total. The number of likely N-dealkylation sites (N-methyl/N-ethyl adjacent to an activating group) is 1. The van der Waals surface area contributed by atoms with Crippen LogP contribution in [-0.2, 0) is 21.2 Å². The van der Waals surface area contributed by atoms with Gasteiger partial charge in [0.2, 0.25) is 15.9 Å². The minimum Gasteiger partial charge on any atom is -0.342 e. The summed E-state index contributed by atoms with van der Waals surface area (Å²) in [5.74, 6) is -0.616. The zero-order valence-corrected chi connectivity index (χ0v) is 14.1. The first-order chi connectivity index (χ1) is 10.3.